The Morgan fingerprint density at radius 3 is 1.21 bits per heavy atom. The van der Waals surface area contributed by atoms with Crippen LogP contribution in [0.5, 0.6) is 5.75 Å². The molecule has 2 unspecified atom stereocenters. The molecule has 47 heavy (non-hydrogen) atoms. The van der Waals surface area contributed by atoms with E-state index in [1.165, 1.54) is 11.1 Å². The van der Waals surface area contributed by atoms with Crippen LogP contribution in [0.2, 0.25) is 0 Å². The van der Waals surface area contributed by atoms with Gasteiger partial charge in [-0.05, 0) is 115 Å². The van der Waals surface area contributed by atoms with Gasteiger partial charge in [-0.1, -0.05) is 114 Å². The third-order valence-electron chi connectivity index (χ3n) is 9.39. The molecule has 2 aliphatic carbocycles. The Bertz CT molecular complexity index is 1860. The number of aliphatic hydroxyl groups is 2. The Labute approximate surface area is 279 Å². The summed E-state index contributed by atoms with van der Waals surface area (Å²) >= 11 is 0. The molecule has 4 aromatic rings. The zero-order valence-corrected chi connectivity index (χ0v) is 28.5. The maximum Gasteiger partial charge on any atom is 0.136 e. The van der Waals surface area contributed by atoms with E-state index in [4.69, 9.17) is 4.74 Å². The first-order valence-corrected chi connectivity index (χ1v) is 16.5. The smallest absolute Gasteiger partial charge is 0.136 e. The van der Waals surface area contributed by atoms with Crippen LogP contribution < -0.4 is 4.74 Å². The number of ether oxygens (including phenoxy) is 1. The molecule has 0 heterocycles. The van der Waals surface area contributed by atoms with Crippen LogP contribution in [-0.4, -0.2) is 16.8 Å². The lowest BCUT2D eigenvalue weighted by atomic mass is 9.87. The summed E-state index contributed by atoms with van der Waals surface area (Å²) < 4.78 is 6.64. The zero-order valence-electron chi connectivity index (χ0n) is 28.5. The fourth-order valence-corrected chi connectivity index (χ4v) is 7.66. The minimum Gasteiger partial charge on any atom is -0.493 e. The quantitative estimate of drug-likeness (QED) is 0.178. The molecule has 0 amide bonds. The van der Waals surface area contributed by atoms with Crippen LogP contribution in [0.1, 0.15) is 74.8 Å². The van der Waals surface area contributed by atoms with E-state index in [-0.39, 0.29) is 0 Å². The normalized spacial score (nSPS) is 12.7. The summed E-state index contributed by atoms with van der Waals surface area (Å²) in [6.07, 6.45) is -1.65. The van der Waals surface area contributed by atoms with E-state index < -0.39 is 12.2 Å². The van der Waals surface area contributed by atoms with Crippen molar-refractivity contribution in [2.24, 2.45) is 0 Å². The van der Waals surface area contributed by atoms with Crippen LogP contribution >= 0.6 is 0 Å². The number of hydrogen-bond donors (Lipinski definition) is 2. The molecule has 238 valence electrons. The SMILES string of the molecule is CCOc1c(-c2ccccc2C(O)c2c(C)cc(C)cc2C)c2cccccc-2c1-c1ccccc1C(O)c1c(C)cc(C)cc1C. The second kappa shape index (κ2) is 13.2. The van der Waals surface area contributed by atoms with Crippen molar-refractivity contribution in [1.29, 1.82) is 0 Å². The minimum absolute atomic E-state index is 0.463. The fourth-order valence-electron chi connectivity index (χ4n) is 7.66. The van der Waals surface area contributed by atoms with Crippen LogP contribution in [0.3, 0.4) is 0 Å². The third kappa shape index (κ3) is 5.86. The molecule has 4 aromatic carbocycles. The standard InChI is InChI=1S/C44H44O3/c1-8-47-44-40(34-18-12-14-20-36(34)42(45)38-28(4)22-26(2)23-29(38)5)32-16-10-9-11-17-33(32)41(44)35-19-13-15-21-37(35)43(46)39-30(6)24-27(3)25-31(39)7/h9-25,42-43,45-46H,8H2,1-7H3. The molecule has 0 saturated heterocycles. The summed E-state index contributed by atoms with van der Waals surface area (Å²) in [6.45, 7) is 14.9. The van der Waals surface area contributed by atoms with Crippen molar-refractivity contribution in [2.45, 2.75) is 60.7 Å². The van der Waals surface area contributed by atoms with Crippen LogP contribution in [0.25, 0.3) is 33.4 Å². The molecule has 0 aromatic heterocycles. The van der Waals surface area contributed by atoms with Crippen LogP contribution in [-0.2, 0) is 0 Å². The maximum absolute atomic E-state index is 12.1. The average Bonchev–Trinajstić information content (AvgIpc) is 3.14. The summed E-state index contributed by atoms with van der Waals surface area (Å²) in [5, 5.41) is 24.2. The summed E-state index contributed by atoms with van der Waals surface area (Å²) in [5.41, 5.74) is 15.9. The molecule has 0 spiro atoms. The van der Waals surface area contributed by atoms with Gasteiger partial charge in [0.05, 0.1) is 6.61 Å². The van der Waals surface area contributed by atoms with Crippen molar-refractivity contribution in [3.8, 4) is 39.1 Å². The zero-order chi connectivity index (χ0) is 33.4. The summed E-state index contributed by atoms with van der Waals surface area (Å²) in [4.78, 5) is 0. The van der Waals surface area contributed by atoms with E-state index in [9.17, 15) is 10.2 Å². The van der Waals surface area contributed by atoms with Gasteiger partial charge in [0.25, 0.3) is 0 Å². The number of aliphatic hydroxyl groups excluding tert-OH is 2. The van der Waals surface area contributed by atoms with Crippen LogP contribution in [0.15, 0.2) is 103 Å². The van der Waals surface area contributed by atoms with Gasteiger partial charge in [-0.2, -0.15) is 0 Å². The van der Waals surface area contributed by atoms with Gasteiger partial charge in [0.15, 0.2) is 0 Å². The van der Waals surface area contributed by atoms with Gasteiger partial charge in [0.2, 0.25) is 0 Å². The minimum atomic E-state index is -0.825. The molecule has 3 heteroatoms. The van der Waals surface area contributed by atoms with Gasteiger partial charge >= 0.3 is 0 Å². The molecular weight excluding hydrogens is 576 g/mol. The van der Waals surface area contributed by atoms with Crippen LogP contribution in [0.4, 0.5) is 0 Å². The number of rotatable bonds is 8. The number of hydrogen-bond acceptors (Lipinski definition) is 3. The second-order valence-electron chi connectivity index (χ2n) is 12.9. The van der Waals surface area contributed by atoms with E-state index in [2.05, 4.69) is 102 Å². The highest BCUT2D eigenvalue weighted by Crippen LogP contribution is 2.55. The topological polar surface area (TPSA) is 49.7 Å². The molecule has 0 radical (unpaired) electrons. The largest absolute Gasteiger partial charge is 0.493 e. The van der Waals surface area contributed by atoms with Crippen molar-refractivity contribution < 1.29 is 14.9 Å². The lowest BCUT2D eigenvalue weighted by Crippen LogP contribution is -2.07. The molecule has 0 aliphatic heterocycles. The third-order valence-corrected chi connectivity index (χ3v) is 9.39. The first kappa shape index (κ1) is 32.2. The Morgan fingerprint density at radius 2 is 0.830 bits per heavy atom. The fraction of sp³-hybridized carbons (Fsp3) is 0.227. The Hall–Kier alpha value is -4.70. The molecule has 0 bridgehead atoms. The molecule has 0 saturated carbocycles. The predicted molar refractivity (Wildman–Crippen MR) is 195 cm³/mol. The monoisotopic (exact) mass is 620 g/mol. The molecule has 2 N–H and O–H groups in total. The Balaban J connectivity index is 1.64. The van der Waals surface area contributed by atoms with Crippen molar-refractivity contribution in [3.63, 3.8) is 0 Å². The highest BCUT2D eigenvalue weighted by molar-refractivity contribution is 6.05. The van der Waals surface area contributed by atoms with Gasteiger partial charge < -0.3 is 14.9 Å². The van der Waals surface area contributed by atoms with Gasteiger partial charge in [-0.25, -0.2) is 0 Å². The molecule has 2 atom stereocenters. The molecule has 6 rings (SSSR count). The predicted octanol–water partition coefficient (Wildman–Crippen LogP) is 10.5. The van der Waals surface area contributed by atoms with Gasteiger partial charge in [0.1, 0.15) is 18.0 Å². The van der Waals surface area contributed by atoms with Gasteiger partial charge in [0, 0.05) is 11.1 Å². The van der Waals surface area contributed by atoms with E-state index in [1.807, 2.05) is 49.4 Å². The number of fused-ring (bicyclic) bond motifs is 1. The van der Waals surface area contributed by atoms with Gasteiger partial charge in [-0.3, -0.25) is 0 Å². The molecular formula is C44H44O3. The lowest BCUT2D eigenvalue weighted by Gasteiger charge is -2.22. The van der Waals surface area contributed by atoms with Crippen molar-refractivity contribution in [3.05, 3.63) is 159 Å². The first-order chi connectivity index (χ1) is 22.6. The van der Waals surface area contributed by atoms with E-state index in [0.29, 0.717) is 6.61 Å². The van der Waals surface area contributed by atoms with Crippen LogP contribution in [0, 0.1) is 41.5 Å². The summed E-state index contributed by atoms with van der Waals surface area (Å²) in [6, 6.07) is 35.2. The first-order valence-electron chi connectivity index (χ1n) is 16.5. The van der Waals surface area contributed by atoms with E-state index in [1.54, 1.807) is 0 Å². The molecule has 3 nitrogen and oxygen atoms in total. The van der Waals surface area contributed by atoms with Crippen molar-refractivity contribution in [2.75, 3.05) is 6.61 Å². The van der Waals surface area contributed by atoms with Gasteiger partial charge in [-0.15, -0.1) is 0 Å². The van der Waals surface area contributed by atoms with Crippen molar-refractivity contribution >= 4 is 0 Å². The summed E-state index contributed by atoms with van der Waals surface area (Å²) in [7, 11) is 0. The molecule has 2 aliphatic rings. The highest BCUT2D eigenvalue weighted by atomic mass is 16.5. The Kier molecular flexibility index (Phi) is 9.05. The highest BCUT2D eigenvalue weighted by Gasteiger charge is 2.31. The second-order valence-corrected chi connectivity index (χ2v) is 12.9. The Morgan fingerprint density at radius 1 is 0.489 bits per heavy atom. The number of benzene rings is 4. The van der Waals surface area contributed by atoms with Crippen molar-refractivity contribution in [1.82, 2.24) is 0 Å². The molecule has 0 fully saturated rings. The lowest BCUT2D eigenvalue weighted by molar-refractivity contribution is 0.219. The number of aryl methyl sites for hydroxylation is 6. The maximum atomic E-state index is 12.1. The van der Waals surface area contributed by atoms with E-state index >= 15 is 0 Å². The summed E-state index contributed by atoms with van der Waals surface area (Å²) in [5.74, 6) is 0.752. The van der Waals surface area contributed by atoms with E-state index in [0.717, 1.165) is 83.6 Å². The average molecular weight is 621 g/mol.